The molecule has 0 spiro atoms. The van der Waals surface area contributed by atoms with Crippen LogP contribution in [0.2, 0.25) is 5.02 Å². The fourth-order valence-corrected chi connectivity index (χ4v) is 4.34. The lowest BCUT2D eigenvalue weighted by atomic mass is 9.81. The number of hydrogen-bond donors (Lipinski definition) is 2. The normalized spacial score (nSPS) is 17.5. The van der Waals surface area contributed by atoms with E-state index in [1.54, 1.807) is 12.1 Å². The molecule has 6 heteroatoms. The fraction of sp³-hybridized carbons (Fsp3) is 0.600. The molecule has 21 heavy (non-hydrogen) atoms. The summed E-state index contributed by atoms with van der Waals surface area (Å²) < 4.78 is 27.8. The summed E-state index contributed by atoms with van der Waals surface area (Å²) in [5, 5.41) is 3.45. The summed E-state index contributed by atoms with van der Waals surface area (Å²) in [6.07, 6.45) is 3.38. The van der Waals surface area contributed by atoms with Gasteiger partial charge in [-0.3, -0.25) is 0 Å². The van der Waals surface area contributed by atoms with Gasteiger partial charge in [0.2, 0.25) is 10.0 Å². The molecule has 0 heterocycles. The Labute approximate surface area is 132 Å². The van der Waals surface area contributed by atoms with Gasteiger partial charge in [0.1, 0.15) is 4.90 Å². The summed E-state index contributed by atoms with van der Waals surface area (Å²) >= 11 is 6.09. The minimum atomic E-state index is -3.57. The summed E-state index contributed by atoms with van der Waals surface area (Å²) in [6, 6.07) is 5.11. The number of sulfonamides is 1. The van der Waals surface area contributed by atoms with Crippen molar-refractivity contribution in [3.8, 4) is 0 Å². The summed E-state index contributed by atoms with van der Waals surface area (Å²) in [6.45, 7) is 5.41. The summed E-state index contributed by atoms with van der Waals surface area (Å²) in [5.74, 6) is 0.448. The predicted molar refractivity (Wildman–Crippen MR) is 86.0 cm³/mol. The first-order valence-electron chi connectivity index (χ1n) is 7.45. The lowest BCUT2D eigenvalue weighted by Crippen LogP contribution is -2.40. The van der Waals surface area contributed by atoms with E-state index < -0.39 is 10.0 Å². The molecule has 0 amide bonds. The van der Waals surface area contributed by atoms with Gasteiger partial charge in [0.15, 0.2) is 0 Å². The highest BCUT2D eigenvalue weighted by atomic mass is 35.5. The second kappa shape index (κ2) is 7.09. The van der Waals surface area contributed by atoms with Crippen LogP contribution in [0.1, 0.15) is 38.7 Å². The van der Waals surface area contributed by atoms with E-state index in [2.05, 4.69) is 10.0 Å². The van der Waals surface area contributed by atoms with E-state index in [0.29, 0.717) is 12.5 Å². The molecule has 1 aliphatic carbocycles. The van der Waals surface area contributed by atoms with Crippen LogP contribution in [0.5, 0.6) is 0 Å². The third-order valence-corrected chi connectivity index (χ3v) is 6.10. The van der Waals surface area contributed by atoms with Crippen molar-refractivity contribution in [1.82, 2.24) is 10.0 Å². The molecule has 0 saturated heterocycles. The quantitative estimate of drug-likeness (QED) is 0.808. The second-order valence-corrected chi connectivity index (χ2v) is 7.74. The average molecular weight is 331 g/mol. The number of halogens is 1. The maximum absolute atomic E-state index is 12.5. The highest BCUT2D eigenvalue weighted by molar-refractivity contribution is 7.89. The molecule has 1 atom stereocenters. The van der Waals surface area contributed by atoms with Crippen LogP contribution in [0.25, 0.3) is 0 Å². The minimum absolute atomic E-state index is 0.0442. The van der Waals surface area contributed by atoms with Gasteiger partial charge >= 0.3 is 0 Å². The molecule has 1 aromatic rings. The van der Waals surface area contributed by atoms with E-state index in [1.807, 2.05) is 19.9 Å². The zero-order valence-electron chi connectivity index (χ0n) is 12.5. The zero-order chi connectivity index (χ0) is 15.5. The Kier molecular flexibility index (Phi) is 5.66. The van der Waals surface area contributed by atoms with E-state index >= 15 is 0 Å². The van der Waals surface area contributed by atoms with Crippen LogP contribution in [0.15, 0.2) is 23.1 Å². The highest BCUT2D eigenvalue weighted by Crippen LogP contribution is 2.31. The topological polar surface area (TPSA) is 58.2 Å². The maximum Gasteiger partial charge on any atom is 0.242 e. The minimum Gasteiger partial charge on any atom is -0.313 e. The molecule has 1 aliphatic rings. The molecule has 1 unspecified atom stereocenters. The molecule has 118 valence electrons. The SMILES string of the molecule is CCNCc1ccc(Cl)c(S(=O)(=O)NC(C)C2CCC2)c1. The number of hydrogen-bond acceptors (Lipinski definition) is 3. The number of rotatable bonds is 7. The van der Waals surface area contributed by atoms with Crippen LogP contribution < -0.4 is 10.0 Å². The molecular weight excluding hydrogens is 308 g/mol. The Balaban J connectivity index is 2.17. The van der Waals surface area contributed by atoms with E-state index in [4.69, 9.17) is 11.6 Å². The first-order chi connectivity index (χ1) is 9.94. The van der Waals surface area contributed by atoms with Gasteiger partial charge in [-0.25, -0.2) is 13.1 Å². The van der Waals surface area contributed by atoms with Gasteiger partial charge in [-0.15, -0.1) is 0 Å². The zero-order valence-corrected chi connectivity index (χ0v) is 14.1. The van der Waals surface area contributed by atoms with Crippen molar-refractivity contribution in [2.45, 2.75) is 50.6 Å². The standard InChI is InChI=1S/C15H23ClN2O2S/c1-3-17-10-12-7-8-14(16)15(9-12)21(19,20)18-11(2)13-5-4-6-13/h7-9,11,13,17-18H,3-6,10H2,1-2H3. The Bertz CT molecular complexity index is 585. The predicted octanol–water partition coefficient (Wildman–Crippen LogP) is 2.92. The van der Waals surface area contributed by atoms with Crippen LogP contribution in [0.3, 0.4) is 0 Å². The molecular formula is C15H23ClN2O2S. The Morgan fingerprint density at radius 2 is 2.10 bits per heavy atom. The van der Waals surface area contributed by atoms with Gasteiger partial charge in [-0.2, -0.15) is 0 Å². The monoisotopic (exact) mass is 330 g/mol. The smallest absolute Gasteiger partial charge is 0.242 e. The molecule has 0 bridgehead atoms. The summed E-state index contributed by atoms with van der Waals surface area (Å²) in [4.78, 5) is 0.172. The number of benzene rings is 1. The lowest BCUT2D eigenvalue weighted by Gasteiger charge is -2.31. The first-order valence-corrected chi connectivity index (χ1v) is 9.31. The number of nitrogens with one attached hydrogen (secondary N) is 2. The van der Waals surface area contributed by atoms with Crippen LogP contribution in [0.4, 0.5) is 0 Å². The molecule has 0 aromatic heterocycles. The molecule has 1 aromatic carbocycles. The van der Waals surface area contributed by atoms with Crippen LogP contribution in [0, 0.1) is 5.92 Å². The van der Waals surface area contributed by atoms with Gasteiger partial charge in [0, 0.05) is 12.6 Å². The largest absolute Gasteiger partial charge is 0.313 e. The third kappa shape index (κ3) is 4.19. The van der Waals surface area contributed by atoms with Crippen molar-refractivity contribution in [3.63, 3.8) is 0 Å². The van der Waals surface area contributed by atoms with Crippen molar-refractivity contribution >= 4 is 21.6 Å². The van der Waals surface area contributed by atoms with Crippen LogP contribution in [-0.4, -0.2) is 21.0 Å². The Morgan fingerprint density at radius 1 is 1.38 bits per heavy atom. The average Bonchev–Trinajstić information content (AvgIpc) is 2.34. The highest BCUT2D eigenvalue weighted by Gasteiger charge is 2.28. The van der Waals surface area contributed by atoms with Gasteiger partial charge < -0.3 is 5.32 Å². The molecule has 0 aliphatic heterocycles. The molecule has 4 nitrogen and oxygen atoms in total. The molecule has 1 fully saturated rings. The van der Waals surface area contributed by atoms with Crippen LogP contribution >= 0.6 is 11.6 Å². The van der Waals surface area contributed by atoms with Crippen molar-refractivity contribution in [1.29, 1.82) is 0 Å². The van der Waals surface area contributed by atoms with Crippen molar-refractivity contribution < 1.29 is 8.42 Å². The van der Waals surface area contributed by atoms with Gasteiger partial charge in [0.05, 0.1) is 5.02 Å². The fourth-order valence-electron chi connectivity index (χ4n) is 2.48. The van der Waals surface area contributed by atoms with E-state index in [1.165, 1.54) is 6.42 Å². The Morgan fingerprint density at radius 3 is 2.67 bits per heavy atom. The van der Waals surface area contributed by atoms with Gasteiger partial charge in [-0.05, 0) is 49.9 Å². The van der Waals surface area contributed by atoms with Crippen LogP contribution in [-0.2, 0) is 16.6 Å². The van der Waals surface area contributed by atoms with E-state index in [9.17, 15) is 8.42 Å². The van der Waals surface area contributed by atoms with Crippen molar-refractivity contribution in [2.24, 2.45) is 5.92 Å². The van der Waals surface area contributed by atoms with E-state index in [-0.39, 0.29) is 16.0 Å². The maximum atomic E-state index is 12.5. The van der Waals surface area contributed by atoms with Gasteiger partial charge in [-0.1, -0.05) is 31.0 Å². The lowest BCUT2D eigenvalue weighted by molar-refractivity contribution is 0.260. The Hall–Kier alpha value is -0.620. The summed E-state index contributed by atoms with van der Waals surface area (Å²) in [5.41, 5.74) is 0.915. The summed E-state index contributed by atoms with van der Waals surface area (Å²) in [7, 11) is -3.57. The molecule has 1 saturated carbocycles. The molecule has 0 radical (unpaired) electrons. The van der Waals surface area contributed by atoms with Crippen molar-refractivity contribution in [2.75, 3.05) is 6.54 Å². The van der Waals surface area contributed by atoms with Crippen molar-refractivity contribution in [3.05, 3.63) is 28.8 Å². The van der Waals surface area contributed by atoms with E-state index in [0.717, 1.165) is 24.9 Å². The van der Waals surface area contributed by atoms with Gasteiger partial charge in [0.25, 0.3) is 0 Å². The third-order valence-electron chi connectivity index (χ3n) is 4.06. The second-order valence-electron chi connectivity index (χ2n) is 5.65. The molecule has 2 N–H and O–H groups in total. The molecule has 2 rings (SSSR count). The first kappa shape index (κ1) is 16.7.